The number of amides is 1. The molecule has 0 radical (unpaired) electrons. The largest absolute Gasteiger partial charge is 0.492 e. The van der Waals surface area contributed by atoms with Gasteiger partial charge in [0, 0.05) is 5.56 Å². The van der Waals surface area contributed by atoms with Crippen LogP contribution in [0, 0.1) is 19.7 Å². The van der Waals surface area contributed by atoms with E-state index in [1.54, 1.807) is 19.1 Å². The molecule has 0 aliphatic carbocycles. The van der Waals surface area contributed by atoms with Crippen LogP contribution in [-0.2, 0) is 0 Å². The molecule has 0 aromatic heterocycles. The Labute approximate surface area is 123 Å². The lowest BCUT2D eigenvalue weighted by atomic mass is 10.1. The van der Waals surface area contributed by atoms with Crippen LogP contribution < -0.4 is 10.1 Å². The molecule has 0 saturated heterocycles. The molecule has 21 heavy (non-hydrogen) atoms. The number of hydrogen-bond donors (Lipinski definition) is 1. The quantitative estimate of drug-likeness (QED) is 0.857. The predicted molar refractivity (Wildman–Crippen MR) is 80.1 cm³/mol. The molecule has 1 amide bonds. The highest BCUT2D eigenvalue weighted by molar-refractivity contribution is 5.94. The Morgan fingerprint density at radius 3 is 2.52 bits per heavy atom. The third-order valence-corrected chi connectivity index (χ3v) is 3.11. The van der Waals surface area contributed by atoms with Crippen LogP contribution in [-0.4, -0.2) is 19.1 Å². The zero-order chi connectivity index (χ0) is 15.2. The highest BCUT2D eigenvalue weighted by atomic mass is 19.1. The number of carbonyl (C=O) groups is 1. The van der Waals surface area contributed by atoms with Crippen LogP contribution in [0.2, 0.25) is 0 Å². The van der Waals surface area contributed by atoms with Gasteiger partial charge in [0.05, 0.1) is 6.54 Å². The van der Waals surface area contributed by atoms with Gasteiger partial charge in [-0.1, -0.05) is 23.8 Å². The second kappa shape index (κ2) is 6.88. The minimum atomic E-state index is -0.376. The summed E-state index contributed by atoms with van der Waals surface area (Å²) in [6.45, 7) is 4.39. The van der Waals surface area contributed by atoms with Crippen LogP contribution in [0.25, 0.3) is 0 Å². The average Bonchev–Trinajstić information content (AvgIpc) is 2.48. The molecule has 1 N–H and O–H groups in total. The summed E-state index contributed by atoms with van der Waals surface area (Å²) in [5.41, 5.74) is 2.00. The number of benzene rings is 2. The van der Waals surface area contributed by atoms with E-state index in [0.717, 1.165) is 11.3 Å². The Morgan fingerprint density at radius 1 is 1.14 bits per heavy atom. The molecule has 2 aromatic carbocycles. The first kappa shape index (κ1) is 15.0. The van der Waals surface area contributed by atoms with Crippen LogP contribution in [0.4, 0.5) is 4.39 Å². The van der Waals surface area contributed by atoms with E-state index in [0.29, 0.717) is 24.3 Å². The molecule has 0 fully saturated rings. The fourth-order valence-corrected chi connectivity index (χ4v) is 1.80. The van der Waals surface area contributed by atoms with Crippen LogP contribution in [0.1, 0.15) is 21.5 Å². The summed E-state index contributed by atoms with van der Waals surface area (Å²) < 4.78 is 18.9. The van der Waals surface area contributed by atoms with Gasteiger partial charge in [-0.2, -0.15) is 0 Å². The van der Waals surface area contributed by atoms with Crippen molar-refractivity contribution in [3.05, 3.63) is 65.0 Å². The molecule has 0 spiro atoms. The van der Waals surface area contributed by atoms with Crippen LogP contribution in [0.5, 0.6) is 5.75 Å². The summed E-state index contributed by atoms with van der Waals surface area (Å²) in [5, 5.41) is 2.70. The fourth-order valence-electron chi connectivity index (χ4n) is 1.80. The SMILES string of the molecule is Cc1ccc(OCCNC(=O)c2ccc(C)c(F)c2)cc1. The molecule has 2 aromatic rings. The molecule has 0 unspecified atom stereocenters. The van der Waals surface area contributed by atoms with Gasteiger partial charge in [0.2, 0.25) is 0 Å². The molecule has 0 heterocycles. The van der Waals surface area contributed by atoms with Crippen molar-refractivity contribution >= 4 is 5.91 Å². The number of rotatable bonds is 5. The van der Waals surface area contributed by atoms with Crippen molar-refractivity contribution in [1.82, 2.24) is 5.32 Å². The monoisotopic (exact) mass is 287 g/mol. The Morgan fingerprint density at radius 2 is 1.86 bits per heavy atom. The smallest absolute Gasteiger partial charge is 0.251 e. The Bertz CT molecular complexity index is 623. The van der Waals surface area contributed by atoms with Crippen molar-refractivity contribution in [3.8, 4) is 5.75 Å². The van der Waals surface area contributed by atoms with Crippen molar-refractivity contribution in [2.24, 2.45) is 0 Å². The van der Waals surface area contributed by atoms with E-state index in [9.17, 15) is 9.18 Å². The van der Waals surface area contributed by atoms with E-state index < -0.39 is 0 Å². The fraction of sp³-hybridized carbons (Fsp3) is 0.235. The van der Waals surface area contributed by atoms with Gasteiger partial charge < -0.3 is 10.1 Å². The second-order valence-corrected chi connectivity index (χ2v) is 4.88. The van der Waals surface area contributed by atoms with Crippen molar-refractivity contribution in [1.29, 1.82) is 0 Å². The molecule has 0 atom stereocenters. The van der Waals surface area contributed by atoms with Crippen LogP contribution in [0.3, 0.4) is 0 Å². The van der Waals surface area contributed by atoms with Gasteiger partial charge >= 0.3 is 0 Å². The number of nitrogens with one attached hydrogen (secondary N) is 1. The lowest BCUT2D eigenvalue weighted by Crippen LogP contribution is -2.28. The zero-order valence-electron chi connectivity index (χ0n) is 12.2. The molecule has 0 aliphatic rings. The number of carbonyl (C=O) groups excluding carboxylic acids is 1. The molecule has 0 bridgehead atoms. The summed E-state index contributed by atoms with van der Waals surface area (Å²) in [4.78, 5) is 11.8. The summed E-state index contributed by atoms with van der Waals surface area (Å²) in [7, 11) is 0. The summed E-state index contributed by atoms with van der Waals surface area (Å²) >= 11 is 0. The van der Waals surface area contributed by atoms with Crippen LogP contribution in [0.15, 0.2) is 42.5 Å². The van der Waals surface area contributed by atoms with Crippen molar-refractivity contribution in [2.45, 2.75) is 13.8 Å². The van der Waals surface area contributed by atoms with E-state index in [-0.39, 0.29) is 11.7 Å². The number of ether oxygens (including phenoxy) is 1. The van der Waals surface area contributed by atoms with Crippen molar-refractivity contribution in [2.75, 3.05) is 13.2 Å². The first-order valence-electron chi connectivity index (χ1n) is 6.80. The van der Waals surface area contributed by atoms with E-state index in [1.165, 1.54) is 6.07 Å². The maximum absolute atomic E-state index is 13.4. The highest BCUT2D eigenvalue weighted by Crippen LogP contribution is 2.11. The summed E-state index contributed by atoms with van der Waals surface area (Å²) in [6, 6.07) is 12.1. The molecular formula is C17H18FNO2. The Hall–Kier alpha value is -2.36. The molecule has 0 saturated carbocycles. The molecule has 110 valence electrons. The molecular weight excluding hydrogens is 269 g/mol. The van der Waals surface area contributed by atoms with Gasteiger partial charge in [-0.15, -0.1) is 0 Å². The lowest BCUT2D eigenvalue weighted by molar-refractivity contribution is 0.0946. The Balaban J connectivity index is 1.79. The predicted octanol–water partition coefficient (Wildman–Crippen LogP) is 3.25. The lowest BCUT2D eigenvalue weighted by Gasteiger charge is -2.08. The zero-order valence-corrected chi connectivity index (χ0v) is 12.2. The van der Waals surface area contributed by atoms with Gasteiger partial charge in [0.25, 0.3) is 5.91 Å². The van der Waals surface area contributed by atoms with E-state index in [2.05, 4.69) is 5.32 Å². The third-order valence-electron chi connectivity index (χ3n) is 3.11. The minimum Gasteiger partial charge on any atom is -0.492 e. The number of aryl methyl sites for hydroxylation is 2. The Kier molecular flexibility index (Phi) is 4.93. The summed E-state index contributed by atoms with van der Waals surface area (Å²) in [6.07, 6.45) is 0. The van der Waals surface area contributed by atoms with Gasteiger partial charge in [-0.3, -0.25) is 4.79 Å². The van der Waals surface area contributed by atoms with E-state index >= 15 is 0 Å². The number of halogens is 1. The third kappa shape index (κ3) is 4.31. The highest BCUT2D eigenvalue weighted by Gasteiger charge is 2.07. The standard InChI is InChI=1S/C17H18FNO2/c1-12-3-7-15(8-4-12)21-10-9-19-17(20)14-6-5-13(2)16(18)11-14/h3-8,11H,9-10H2,1-2H3,(H,19,20). The minimum absolute atomic E-state index is 0.304. The van der Waals surface area contributed by atoms with Gasteiger partial charge in [-0.25, -0.2) is 4.39 Å². The maximum Gasteiger partial charge on any atom is 0.251 e. The summed E-state index contributed by atoms with van der Waals surface area (Å²) in [5.74, 6) is 0.0798. The number of hydrogen-bond acceptors (Lipinski definition) is 2. The maximum atomic E-state index is 13.4. The molecule has 3 nitrogen and oxygen atoms in total. The van der Waals surface area contributed by atoms with Gasteiger partial charge in [-0.05, 0) is 43.7 Å². The van der Waals surface area contributed by atoms with Gasteiger partial charge in [0.15, 0.2) is 0 Å². The molecule has 4 heteroatoms. The first-order valence-corrected chi connectivity index (χ1v) is 6.80. The van der Waals surface area contributed by atoms with Gasteiger partial charge in [0.1, 0.15) is 18.2 Å². The average molecular weight is 287 g/mol. The van der Waals surface area contributed by atoms with Crippen LogP contribution >= 0.6 is 0 Å². The molecule has 0 aliphatic heterocycles. The van der Waals surface area contributed by atoms with Crippen molar-refractivity contribution in [3.63, 3.8) is 0 Å². The molecule has 2 rings (SSSR count). The normalized spacial score (nSPS) is 10.2. The second-order valence-electron chi connectivity index (χ2n) is 4.88. The van der Waals surface area contributed by atoms with Crippen molar-refractivity contribution < 1.29 is 13.9 Å². The van der Waals surface area contributed by atoms with E-state index in [4.69, 9.17) is 4.74 Å². The van der Waals surface area contributed by atoms with E-state index in [1.807, 2.05) is 31.2 Å². The topological polar surface area (TPSA) is 38.3 Å². The first-order chi connectivity index (χ1) is 10.1.